The fourth-order valence-electron chi connectivity index (χ4n) is 2.38. The van der Waals surface area contributed by atoms with Crippen LogP contribution in [0, 0.1) is 0 Å². The van der Waals surface area contributed by atoms with E-state index in [2.05, 4.69) is 22.8 Å². The maximum atomic E-state index is 9.01. The molecule has 0 aliphatic carbocycles. The Morgan fingerprint density at radius 2 is 2.17 bits per heavy atom. The van der Waals surface area contributed by atoms with E-state index in [0.717, 1.165) is 37.3 Å². The first-order chi connectivity index (χ1) is 8.85. The monoisotopic (exact) mass is 243 g/mol. The van der Waals surface area contributed by atoms with Gasteiger partial charge >= 0.3 is 0 Å². The van der Waals surface area contributed by atoms with Gasteiger partial charge in [0.1, 0.15) is 5.75 Å². The Bertz CT molecular complexity index is 545. The van der Waals surface area contributed by atoms with Crippen LogP contribution in [0.15, 0.2) is 36.7 Å². The zero-order valence-corrected chi connectivity index (χ0v) is 10.3. The molecule has 0 saturated carbocycles. The van der Waals surface area contributed by atoms with Gasteiger partial charge in [-0.2, -0.15) is 0 Å². The maximum Gasteiger partial charge on any atom is 0.122 e. The number of nitrogens with zero attached hydrogens (tertiary/aromatic N) is 1. The number of hydrogen-bond acceptors (Lipinski definition) is 2. The zero-order valence-electron chi connectivity index (χ0n) is 10.3. The molecule has 0 atom stereocenters. The van der Waals surface area contributed by atoms with E-state index in [1.165, 1.54) is 11.1 Å². The second-order valence-corrected chi connectivity index (χ2v) is 4.71. The van der Waals surface area contributed by atoms with Crippen molar-refractivity contribution in [1.82, 2.24) is 4.57 Å². The van der Waals surface area contributed by atoms with Gasteiger partial charge in [-0.25, -0.2) is 0 Å². The highest BCUT2D eigenvalue weighted by molar-refractivity contribution is 5.39. The summed E-state index contributed by atoms with van der Waals surface area (Å²) >= 11 is 0. The Balaban J connectivity index is 1.66. The molecule has 0 saturated heterocycles. The average molecular weight is 243 g/mol. The molecule has 3 nitrogen and oxygen atoms in total. The number of fused-ring (bicyclic) bond motifs is 1. The zero-order chi connectivity index (χ0) is 12.4. The molecule has 0 fully saturated rings. The standard InChI is InChI=1S/C15H17NO2/c17-11-13-4-7-16(10-13)6-3-12-1-2-15-14(9-12)5-8-18-15/h1-2,4,7,9-10,17H,3,5-6,8,11H2. The van der Waals surface area contributed by atoms with Crippen LogP contribution >= 0.6 is 0 Å². The largest absolute Gasteiger partial charge is 0.493 e. The van der Waals surface area contributed by atoms with Crippen LogP contribution in [0.1, 0.15) is 16.7 Å². The Labute approximate surface area is 107 Å². The number of hydrogen-bond donors (Lipinski definition) is 1. The maximum absolute atomic E-state index is 9.01. The summed E-state index contributed by atoms with van der Waals surface area (Å²) in [6, 6.07) is 8.42. The van der Waals surface area contributed by atoms with Gasteiger partial charge in [-0.05, 0) is 35.2 Å². The highest BCUT2D eigenvalue weighted by atomic mass is 16.5. The Kier molecular flexibility index (Phi) is 3.07. The van der Waals surface area contributed by atoms with E-state index in [4.69, 9.17) is 9.84 Å². The van der Waals surface area contributed by atoms with Crippen LogP contribution in [0.5, 0.6) is 5.75 Å². The van der Waals surface area contributed by atoms with Gasteiger partial charge in [-0.3, -0.25) is 0 Å². The van der Waals surface area contributed by atoms with Gasteiger partial charge in [-0.15, -0.1) is 0 Å². The molecule has 0 amide bonds. The number of aliphatic hydroxyl groups is 1. The third kappa shape index (κ3) is 2.27. The normalized spacial score (nSPS) is 13.4. The van der Waals surface area contributed by atoms with Crippen LogP contribution in [0.3, 0.4) is 0 Å². The molecule has 1 aromatic heterocycles. The molecular weight excluding hydrogens is 226 g/mol. The van der Waals surface area contributed by atoms with Crippen LogP contribution in [-0.4, -0.2) is 16.3 Å². The van der Waals surface area contributed by atoms with Gasteiger partial charge in [0.15, 0.2) is 0 Å². The van der Waals surface area contributed by atoms with E-state index in [1.54, 1.807) is 0 Å². The summed E-state index contributed by atoms with van der Waals surface area (Å²) in [4.78, 5) is 0. The van der Waals surface area contributed by atoms with Crippen LogP contribution in [-0.2, 0) is 26.0 Å². The molecule has 94 valence electrons. The van der Waals surface area contributed by atoms with Crippen molar-refractivity contribution in [2.45, 2.75) is 26.0 Å². The predicted octanol–water partition coefficient (Wildman–Crippen LogP) is 2.16. The summed E-state index contributed by atoms with van der Waals surface area (Å²) in [6.45, 7) is 1.87. The number of aliphatic hydroxyl groups excluding tert-OH is 1. The number of ether oxygens (including phenoxy) is 1. The van der Waals surface area contributed by atoms with E-state index in [1.807, 2.05) is 18.5 Å². The fourth-order valence-corrected chi connectivity index (χ4v) is 2.38. The summed E-state index contributed by atoms with van der Waals surface area (Å²) in [5.41, 5.74) is 3.65. The molecule has 0 spiro atoms. The molecule has 3 heteroatoms. The van der Waals surface area contributed by atoms with Gasteiger partial charge in [0.25, 0.3) is 0 Å². The van der Waals surface area contributed by atoms with Crippen molar-refractivity contribution in [3.8, 4) is 5.75 Å². The van der Waals surface area contributed by atoms with Gasteiger partial charge in [0.05, 0.1) is 13.2 Å². The number of rotatable bonds is 4. The topological polar surface area (TPSA) is 34.4 Å². The lowest BCUT2D eigenvalue weighted by molar-refractivity contribution is 0.281. The first-order valence-corrected chi connectivity index (χ1v) is 6.35. The molecule has 2 heterocycles. The first-order valence-electron chi connectivity index (χ1n) is 6.35. The molecule has 1 aromatic carbocycles. The minimum atomic E-state index is 0.114. The third-order valence-electron chi connectivity index (χ3n) is 3.41. The minimum Gasteiger partial charge on any atom is -0.493 e. The molecule has 3 rings (SSSR count). The predicted molar refractivity (Wildman–Crippen MR) is 69.7 cm³/mol. The van der Waals surface area contributed by atoms with Crippen molar-refractivity contribution in [1.29, 1.82) is 0 Å². The summed E-state index contributed by atoms with van der Waals surface area (Å²) in [5, 5.41) is 9.01. The Hall–Kier alpha value is -1.74. The lowest BCUT2D eigenvalue weighted by atomic mass is 10.1. The van der Waals surface area contributed by atoms with E-state index >= 15 is 0 Å². The third-order valence-corrected chi connectivity index (χ3v) is 3.41. The van der Waals surface area contributed by atoms with E-state index in [0.29, 0.717) is 0 Å². The van der Waals surface area contributed by atoms with Crippen molar-refractivity contribution in [3.63, 3.8) is 0 Å². The number of aryl methyl sites for hydroxylation is 2. The Morgan fingerprint density at radius 3 is 3.00 bits per heavy atom. The van der Waals surface area contributed by atoms with Crippen LogP contribution in [0.2, 0.25) is 0 Å². The first kappa shape index (κ1) is 11.4. The van der Waals surface area contributed by atoms with Crippen molar-refractivity contribution < 1.29 is 9.84 Å². The van der Waals surface area contributed by atoms with Crippen molar-refractivity contribution in [3.05, 3.63) is 53.3 Å². The summed E-state index contributed by atoms with van der Waals surface area (Å²) in [7, 11) is 0. The molecule has 1 aliphatic heterocycles. The fraction of sp³-hybridized carbons (Fsp3) is 0.333. The lowest BCUT2D eigenvalue weighted by Crippen LogP contribution is -1.98. The van der Waals surface area contributed by atoms with Crippen molar-refractivity contribution in [2.75, 3.05) is 6.61 Å². The summed E-state index contributed by atoms with van der Waals surface area (Å²) < 4.78 is 7.62. The second-order valence-electron chi connectivity index (χ2n) is 4.71. The van der Waals surface area contributed by atoms with Crippen molar-refractivity contribution >= 4 is 0 Å². The van der Waals surface area contributed by atoms with E-state index in [9.17, 15) is 0 Å². The summed E-state index contributed by atoms with van der Waals surface area (Å²) in [5.74, 6) is 1.04. The van der Waals surface area contributed by atoms with Gasteiger partial charge in [0, 0.05) is 25.4 Å². The second kappa shape index (κ2) is 4.86. The minimum absolute atomic E-state index is 0.114. The van der Waals surface area contributed by atoms with E-state index in [-0.39, 0.29) is 6.61 Å². The van der Waals surface area contributed by atoms with Crippen LogP contribution in [0.25, 0.3) is 0 Å². The molecule has 18 heavy (non-hydrogen) atoms. The lowest BCUT2D eigenvalue weighted by Gasteiger charge is -2.05. The van der Waals surface area contributed by atoms with Crippen LogP contribution in [0.4, 0.5) is 0 Å². The van der Waals surface area contributed by atoms with Gasteiger partial charge < -0.3 is 14.4 Å². The quantitative estimate of drug-likeness (QED) is 0.893. The van der Waals surface area contributed by atoms with Gasteiger partial charge in [-0.1, -0.05) is 12.1 Å². The Morgan fingerprint density at radius 1 is 1.22 bits per heavy atom. The van der Waals surface area contributed by atoms with E-state index < -0.39 is 0 Å². The smallest absolute Gasteiger partial charge is 0.122 e. The molecule has 0 radical (unpaired) electrons. The molecule has 0 bridgehead atoms. The van der Waals surface area contributed by atoms with Crippen LogP contribution < -0.4 is 4.74 Å². The molecule has 1 N–H and O–H groups in total. The molecule has 2 aromatic rings. The number of aromatic nitrogens is 1. The van der Waals surface area contributed by atoms with Crippen molar-refractivity contribution in [2.24, 2.45) is 0 Å². The SMILES string of the molecule is OCc1ccn(CCc2ccc3c(c2)CCO3)c1. The molecule has 1 aliphatic rings. The van der Waals surface area contributed by atoms with Gasteiger partial charge in [0.2, 0.25) is 0 Å². The number of benzene rings is 1. The highest BCUT2D eigenvalue weighted by Gasteiger charge is 2.11. The summed E-state index contributed by atoms with van der Waals surface area (Å²) in [6.07, 6.45) is 6.05. The molecule has 0 unspecified atom stereocenters. The highest BCUT2D eigenvalue weighted by Crippen LogP contribution is 2.26. The molecular formula is C15H17NO2. The average Bonchev–Trinajstić information content (AvgIpc) is 3.04.